The van der Waals surface area contributed by atoms with Gasteiger partial charge in [-0.15, -0.1) is 0 Å². The average Bonchev–Trinajstić information content (AvgIpc) is 2.85. The second kappa shape index (κ2) is 4.07. The molecule has 1 unspecified atom stereocenters. The van der Waals surface area contributed by atoms with Gasteiger partial charge >= 0.3 is 0 Å². The molecule has 2 aromatic heterocycles. The number of nitrogens with zero attached hydrogens (tertiary/aromatic N) is 3. The lowest BCUT2D eigenvalue weighted by Gasteiger charge is -2.15. The first kappa shape index (κ1) is 10.7. The Balaban J connectivity index is 1.82. The third-order valence-electron chi connectivity index (χ3n) is 3.02. The van der Waals surface area contributed by atoms with Crippen molar-refractivity contribution < 1.29 is 4.79 Å². The number of carbonyl (C=O) groups is 1. The molecule has 2 aromatic rings. The molecule has 5 heteroatoms. The van der Waals surface area contributed by atoms with E-state index < -0.39 is 0 Å². The molecule has 88 valence electrons. The Morgan fingerprint density at radius 3 is 3.12 bits per heavy atom. The third-order valence-corrected chi connectivity index (χ3v) is 3.36. The minimum absolute atomic E-state index is 0.180. The molecule has 0 radical (unpaired) electrons. The van der Waals surface area contributed by atoms with Crippen molar-refractivity contribution in [3.05, 3.63) is 36.3 Å². The number of hydrogen-bond acceptors (Lipinski definition) is 3. The molecule has 17 heavy (non-hydrogen) atoms. The molecule has 1 aliphatic heterocycles. The molecule has 1 atom stereocenters. The van der Waals surface area contributed by atoms with Crippen LogP contribution in [0.25, 0.3) is 5.65 Å². The van der Waals surface area contributed by atoms with Crippen LogP contribution in [0.4, 0.5) is 0 Å². The van der Waals surface area contributed by atoms with Crippen LogP contribution in [-0.4, -0.2) is 32.0 Å². The van der Waals surface area contributed by atoms with Gasteiger partial charge in [0, 0.05) is 43.4 Å². The second-order valence-electron chi connectivity index (χ2n) is 4.36. The molecule has 0 spiro atoms. The number of carbonyl (C=O) groups excluding carboxylic acids is 1. The lowest BCUT2D eigenvalue weighted by molar-refractivity contribution is -0.128. The van der Waals surface area contributed by atoms with E-state index in [2.05, 4.69) is 17.6 Å². The molecular formula is C12H13N3OS. The van der Waals surface area contributed by atoms with Crippen molar-refractivity contribution >= 4 is 24.2 Å². The Kier molecular flexibility index (Phi) is 2.55. The van der Waals surface area contributed by atoms with E-state index in [9.17, 15) is 4.79 Å². The van der Waals surface area contributed by atoms with E-state index in [1.54, 1.807) is 6.20 Å². The molecular weight excluding hydrogens is 234 g/mol. The zero-order valence-corrected chi connectivity index (χ0v) is 10.2. The van der Waals surface area contributed by atoms with Crippen LogP contribution in [0.3, 0.4) is 0 Å². The lowest BCUT2D eigenvalue weighted by atomic mass is 10.2. The quantitative estimate of drug-likeness (QED) is 0.814. The zero-order chi connectivity index (χ0) is 11.8. The first-order chi connectivity index (χ1) is 8.22. The van der Waals surface area contributed by atoms with Crippen molar-refractivity contribution in [1.29, 1.82) is 0 Å². The molecule has 4 nitrogen and oxygen atoms in total. The van der Waals surface area contributed by atoms with E-state index in [-0.39, 0.29) is 11.2 Å². The highest BCUT2D eigenvalue weighted by molar-refractivity contribution is 7.81. The zero-order valence-electron chi connectivity index (χ0n) is 9.28. The van der Waals surface area contributed by atoms with Gasteiger partial charge in [-0.25, -0.2) is 4.98 Å². The molecule has 1 aliphatic rings. The topological polar surface area (TPSA) is 37.6 Å². The van der Waals surface area contributed by atoms with Gasteiger partial charge < -0.3 is 9.30 Å². The minimum Gasteiger partial charge on any atom is -0.337 e. The lowest BCUT2D eigenvalue weighted by Crippen LogP contribution is -2.24. The summed E-state index contributed by atoms with van der Waals surface area (Å²) in [6.07, 6.45) is 6.24. The number of thiol groups is 1. The number of aromatic nitrogens is 2. The summed E-state index contributed by atoms with van der Waals surface area (Å²) in [5.41, 5.74) is 2.04. The van der Waals surface area contributed by atoms with Gasteiger partial charge in [-0.3, -0.25) is 4.79 Å². The molecule has 0 aromatic carbocycles. The van der Waals surface area contributed by atoms with Crippen LogP contribution in [0.5, 0.6) is 0 Å². The second-order valence-corrected chi connectivity index (χ2v) is 5.09. The molecule has 3 rings (SSSR count). The Morgan fingerprint density at radius 1 is 1.47 bits per heavy atom. The normalized spacial score (nSPS) is 20.4. The number of hydrogen-bond donors (Lipinski definition) is 1. The molecule has 0 aliphatic carbocycles. The molecule has 3 heterocycles. The minimum atomic E-state index is 0.180. The molecule has 1 fully saturated rings. The fourth-order valence-electron chi connectivity index (χ4n) is 2.18. The van der Waals surface area contributed by atoms with Gasteiger partial charge in [-0.1, -0.05) is 6.07 Å². The standard InChI is InChI=1S/C12H13N3OS/c16-12-5-10(17)8-15(12)7-9-1-2-11-13-3-4-14(11)6-9/h1-4,6,10,17H,5,7-8H2. The van der Waals surface area contributed by atoms with Crippen molar-refractivity contribution in [3.8, 4) is 0 Å². The summed E-state index contributed by atoms with van der Waals surface area (Å²) in [6, 6.07) is 3.98. The average molecular weight is 247 g/mol. The molecule has 0 N–H and O–H groups in total. The first-order valence-electron chi connectivity index (χ1n) is 5.60. The predicted octanol–water partition coefficient (Wildman–Crippen LogP) is 1.36. The van der Waals surface area contributed by atoms with Crippen LogP contribution in [0.15, 0.2) is 30.7 Å². The molecule has 1 saturated heterocycles. The fraction of sp³-hybridized carbons (Fsp3) is 0.333. The summed E-state index contributed by atoms with van der Waals surface area (Å²) in [4.78, 5) is 17.7. The van der Waals surface area contributed by atoms with Crippen LogP contribution in [0.1, 0.15) is 12.0 Å². The van der Waals surface area contributed by atoms with Crippen LogP contribution >= 0.6 is 12.6 Å². The summed E-state index contributed by atoms with van der Waals surface area (Å²) >= 11 is 4.35. The van der Waals surface area contributed by atoms with Crippen molar-refractivity contribution in [3.63, 3.8) is 0 Å². The van der Waals surface area contributed by atoms with Crippen LogP contribution in [-0.2, 0) is 11.3 Å². The number of amides is 1. The summed E-state index contributed by atoms with van der Waals surface area (Å²) < 4.78 is 1.97. The van der Waals surface area contributed by atoms with Crippen LogP contribution in [0.2, 0.25) is 0 Å². The fourth-order valence-corrected chi connectivity index (χ4v) is 2.54. The van der Waals surface area contributed by atoms with Gasteiger partial charge in [0.25, 0.3) is 0 Å². The van der Waals surface area contributed by atoms with Gasteiger partial charge in [0.1, 0.15) is 5.65 Å². The predicted molar refractivity (Wildman–Crippen MR) is 68.0 cm³/mol. The van der Waals surface area contributed by atoms with Crippen molar-refractivity contribution in [2.75, 3.05) is 6.54 Å². The Bertz CT molecular complexity index is 566. The Hall–Kier alpha value is -1.49. The summed E-state index contributed by atoms with van der Waals surface area (Å²) in [5.74, 6) is 0.190. The number of imidazole rings is 1. The molecule has 1 amide bonds. The van der Waals surface area contributed by atoms with Gasteiger partial charge in [-0.05, 0) is 11.6 Å². The number of rotatable bonds is 2. The van der Waals surface area contributed by atoms with Gasteiger partial charge in [-0.2, -0.15) is 12.6 Å². The smallest absolute Gasteiger partial charge is 0.224 e. The SMILES string of the molecule is O=C1CC(S)CN1Cc1ccc2nccn2c1. The number of fused-ring (bicyclic) bond motifs is 1. The maximum absolute atomic E-state index is 11.7. The molecule has 0 bridgehead atoms. The van der Waals surface area contributed by atoms with E-state index in [4.69, 9.17) is 0 Å². The van der Waals surface area contributed by atoms with Crippen LogP contribution < -0.4 is 0 Å². The van der Waals surface area contributed by atoms with E-state index >= 15 is 0 Å². The number of pyridine rings is 1. The highest BCUT2D eigenvalue weighted by Crippen LogP contribution is 2.18. The molecule has 0 saturated carbocycles. The van der Waals surface area contributed by atoms with Gasteiger partial charge in [0.2, 0.25) is 5.91 Å². The van der Waals surface area contributed by atoms with Gasteiger partial charge in [0.15, 0.2) is 0 Å². The van der Waals surface area contributed by atoms with Crippen molar-refractivity contribution in [2.24, 2.45) is 0 Å². The Labute approximate surface area is 105 Å². The van der Waals surface area contributed by atoms with Crippen molar-refractivity contribution in [1.82, 2.24) is 14.3 Å². The highest BCUT2D eigenvalue weighted by atomic mass is 32.1. The van der Waals surface area contributed by atoms with Crippen LogP contribution in [0, 0.1) is 0 Å². The maximum Gasteiger partial charge on any atom is 0.224 e. The van der Waals surface area contributed by atoms with E-state index in [0.717, 1.165) is 17.8 Å². The summed E-state index contributed by atoms with van der Waals surface area (Å²) in [6.45, 7) is 1.40. The van der Waals surface area contributed by atoms with Crippen molar-refractivity contribution in [2.45, 2.75) is 18.2 Å². The Morgan fingerprint density at radius 2 is 2.35 bits per heavy atom. The van der Waals surface area contributed by atoms with E-state index in [1.807, 2.05) is 33.8 Å². The number of likely N-dealkylation sites (tertiary alicyclic amines) is 1. The summed E-state index contributed by atoms with van der Waals surface area (Å²) in [5, 5.41) is 0.180. The third kappa shape index (κ3) is 2.02. The largest absolute Gasteiger partial charge is 0.337 e. The highest BCUT2D eigenvalue weighted by Gasteiger charge is 2.26. The van der Waals surface area contributed by atoms with E-state index in [1.165, 1.54) is 0 Å². The van der Waals surface area contributed by atoms with E-state index in [0.29, 0.717) is 13.0 Å². The maximum atomic E-state index is 11.7. The monoisotopic (exact) mass is 247 g/mol. The first-order valence-corrected chi connectivity index (χ1v) is 6.11. The summed E-state index contributed by atoms with van der Waals surface area (Å²) in [7, 11) is 0. The van der Waals surface area contributed by atoms with Gasteiger partial charge in [0.05, 0.1) is 0 Å².